The molecule has 3 aromatic carbocycles. The van der Waals surface area contributed by atoms with Crippen LogP contribution in [-0.2, 0) is 26.9 Å². The van der Waals surface area contributed by atoms with Crippen LogP contribution in [0.3, 0.4) is 0 Å². The van der Waals surface area contributed by atoms with Crippen LogP contribution in [0.4, 0.5) is 10.1 Å². The van der Waals surface area contributed by atoms with Gasteiger partial charge in [-0.1, -0.05) is 59.6 Å². The number of sulfone groups is 1. The Morgan fingerprint density at radius 3 is 2.53 bits per heavy atom. The number of aromatic nitrogens is 1. The zero-order chi connectivity index (χ0) is 22.9. The highest BCUT2D eigenvalue weighted by atomic mass is 35.5. The number of nitrogens with one attached hydrogen (secondary N) is 1. The van der Waals surface area contributed by atoms with E-state index in [1.54, 1.807) is 53.1 Å². The Kier molecular flexibility index (Phi) is 6.24. The van der Waals surface area contributed by atoms with Crippen LogP contribution in [0.1, 0.15) is 5.56 Å². The fourth-order valence-corrected chi connectivity index (χ4v) is 5.38. The van der Waals surface area contributed by atoms with Gasteiger partial charge in [0.25, 0.3) is 0 Å². The van der Waals surface area contributed by atoms with Gasteiger partial charge in [-0.2, -0.15) is 0 Å². The Labute approximate surface area is 194 Å². The van der Waals surface area contributed by atoms with Crippen molar-refractivity contribution in [3.8, 4) is 0 Å². The van der Waals surface area contributed by atoms with E-state index in [1.165, 1.54) is 24.4 Å². The third kappa shape index (κ3) is 4.65. The van der Waals surface area contributed by atoms with Gasteiger partial charge in [0.05, 0.1) is 26.4 Å². The second kappa shape index (κ2) is 8.94. The highest BCUT2D eigenvalue weighted by molar-refractivity contribution is 7.90. The van der Waals surface area contributed by atoms with Crippen molar-refractivity contribution in [1.29, 1.82) is 0 Å². The molecule has 0 atom stereocenters. The lowest BCUT2D eigenvalue weighted by Crippen LogP contribution is -2.18. The number of nitrogens with zero attached hydrogens (tertiary/aromatic N) is 1. The number of benzene rings is 3. The maximum atomic E-state index is 13.5. The Hall–Kier alpha value is -2.87. The molecule has 0 bridgehead atoms. The molecule has 5 nitrogen and oxygen atoms in total. The van der Waals surface area contributed by atoms with E-state index >= 15 is 0 Å². The monoisotopic (exact) mass is 490 g/mol. The molecule has 1 N–H and O–H groups in total. The van der Waals surface area contributed by atoms with Gasteiger partial charge in [-0.05, 0) is 35.9 Å². The van der Waals surface area contributed by atoms with Gasteiger partial charge in [0, 0.05) is 17.1 Å². The van der Waals surface area contributed by atoms with E-state index in [4.69, 9.17) is 23.2 Å². The molecule has 0 radical (unpaired) electrons. The van der Waals surface area contributed by atoms with Gasteiger partial charge in [-0.25, -0.2) is 12.8 Å². The second-order valence-electron chi connectivity index (χ2n) is 7.18. The summed E-state index contributed by atoms with van der Waals surface area (Å²) in [5.41, 5.74) is 1.28. The molecule has 1 amide bonds. The molecule has 4 rings (SSSR count). The molecule has 0 spiro atoms. The lowest BCUT2D eigenvalue weighted by atomic mass is 10.2. The first kappa shape index (κ1) is 22.3. The fraction of sp³-hybridized carbons (Fsp3) is 0.0870. The molecule has 1 aromatic heterocycles. The third-order valence-electron chi connectivity index (χ3n) is 4.87. The summed E-state index contributed by atoms with van der Waals surface area (Å²) in [5.74, 6) is -1.26. The quantitative estimate of drug-likeness (QED) is 0.376. The number of amides is 1. The molecule has 0 saturated carbocycles. The van der Waals surface area contributed by atoms with Crippen molar-refractivity contribution >= 4 is 55.5 Å². The first-order valence-electron chi connectivity index (χ1n) is 9.53. The fourth-order valence-electron chi connectivity index (χ4n) is 3.46. The van der Waals surface area contributed by atoms with E-state index in [9.17, 15) is 17.6 Å². The van der Waals surface area contributed by atoms with E-state index in [-0.39, 0.29) is 22.2 Å². The topological polar surface area (TPSA) is 68.2 Å². The summed E-state index contributed by atoms with van der Waals surface area (Å²) in [7, 11) is -3.80. The van der Waals surface area contributed by atoms with Gasteiger partial charge in [0.1, 0.15) is 12.4 Å². The van der Waals surface area contributed by atoms with Crippen LogP contribution in [0.15, 0.2) is 77.8 Å². The van der Waals surface area contributed by atoms with Crippen LogP contribution in [0, 0.1) is 5.82 Å². The summed E-state index contributed by atoms with van der Waals surface area (Å²) < 4.78 is 41.3. The van der Waals surface area contributed by atoms with Crippen LogP contribution in [0.5, 0.6) is 0 Å². The number of para-hydroxylation sites is 1. The number of hydrogen-bond donors (Lipinski definition) is 1. The Morgan fingerprint density at radius 1 is 1.00 bits per heavy atom. The Morgan fingerprint density at radius 2 is 1.75 bits per heavy atom. The van der Waals surface area contributed by atoms with E-state index in [1.807, 2.05) is 0 Å². The molecule has 164 valence electrons. The second-order valence-corrected chi connectivity index (χ2v) is 9.92. The lowest BCUT2D eigenvalue weighted by molar-refractivity contribution is -0.116. The van der Waals surface area contributed by atoms with Crippen LogP contribution in [0.2, 0.25) is 10.0 Å². The summed E-state index contributed by atoms with van der Waals surface area (Å²) in [6.45, 7) is -0.140. The Bertz CT molecular complexity index is 1430. The minimum atomic E-state index is -3.80. The van der Waals surface area contributed by atoms with Gasteiger partial charge in [-0.3, -0.25) is 4.79 Å². The molecule has 0 fully saturated rings. The van der Waals surface area contributed by atoms with Gasteiger partial charge in [-0.15, -0.1) is 0 Å². The minimum absolute atomic E-state index is 0.0750. The van der Waals surface area contributed by atoms with Gasteiger partial charge < -0.3 is 9.88 Å². The summed E-state index contributed by atoms with van der Waals surface area (Å²) in [6, 6.07) is 17.2. The molecular formula is C23H17Cl2FN2O3S. The summed E-state index contributed by atoms with van der Waals surface area (Å²) in [6.07, 6.45) is 1.43. The molecule has 0 saturated heterocycles. The van der Waals surface area contributed by atoms with Gasteiger partial charge in [0.2, 0.25) is 5.91 Å². The van der Waals surface area contributed by atoms with Crippen LogP contribution < -0.4 is 5.32 Å². The molecule has 0 unspecified atom stereocenters. The van der Waals surface area contributed by atoms with Gasteiger partial charge in [0.15, 0.2) is 9.84 Å². The van der Waals surface area contributed by atoms with Crippen LogP contribution in [0.25, 0.3) is 10.9 Å². The Balaban J connectivity index is 1.65. The smallest absolute Gasteiger partial charge is 0.244 e. The highest BCUT2D eigenvalue weighted by Crippen LogP contribution is 2.30. The first-order chi connectivity index (χ1) is 15.2. The lowest BCUT2D eigenvalue weighted by Gasteiger charge is -2.09. The van der Waals surface area contributed by atoms with Crippen molar-refractivity contribution in [2.75, 3.05) is 5.32 Å². The average molecular weight is 491 g/mol. The SMILES string of the molecule is O=C(Cn1cc(S(=O)(=O)Cc2cccc(F)c2)c2ccccc21)Nc1cccc(Cl)c1Cl. The number of carbonyl (C=O) groups is 1. The summed E-state index contributed by atoms with van der Waals surface area (Å²) in [4.78, 5) is 12.7. The first-order valence-corrected chi connectivity index (χ1v) is 11.9. The van der Waals surface area contributed by atoms with E-state index in [2.05, 4.69) is 5.32 Å². The maximum Gasteiger partial charge on any atom is 0.244 e. The highest BCUT2D eigenvalue weighted by Gasteiger charge is 2.23. The predicted molar refractivity (Wildman–Crippen MR) is 124 cm³/mol. The normalized spacial score (nSPS) is 11.6. The molecule has 0 aliphatic heterocycles. The average Bonchev–Trinajstić information content (AvgIpc) is 3.11. The third-order valence-corrected chi connectivity index (χ3v) is 7.40. The molecule has 4 aromatic rings. The molecule has 9 heteroatoms. The number of carbonyl (C=O) groups excluding carboxylic acids is 1. The minimum Gasteiger partial charge on any atom is -0.337 e. The zero-order valence-corrected chi connectivity index (χ0v) is 18.9. The predicted octanol–water partition coefficient (Wildman–Crippen LogP) is 5.70. The molecule has 0 aliphatic carbocycles. The van der Waals surface area contributed by atoms with Crippen LogP contribution >= 0.6 is 23.2 Å². The van der Waals surface area contributed by atoms with Crippen molar-refractivity contribution in [2.24, 2.45) is 0 Å². The largest absolute Gasteiger partial charge is 0.337 e. The van der Waals surface area contributed by atoms with E-state index in [0.29, 0.717) is 27.2 Å². The summed E-state index contributed by atoms with van der Waals surface area (Å²) >= 11 is 12.1. The number of fused-ring (bicyclic) bond motifs is 1. The molecular weight excluding hydrogens is 474 g/mol. The standard InChI is InChI=1S/C23H17Cl2FN2O3S/c24-18-8-4-9-19(23(18)25)27-22(29)13-28-12-21(17-7-1-2-10-20(17)28)32(30,31)14-15-5-3-6-16(26)11-15/h1-12H,13-14H2,(H,27,29). The van der Waals surface area contributed by atoms with Crippen molar-refractivity contribution in [3.05, 3.63) is 94.4 Å². The van der Waals surface area contributed by atoms with Crippen molar-refractivity contribution in [3.63, 3.8) is 0 Å². The number of hydrogen-bond acceptors (Lipinski definition) is 3. The molecule has 0 aliphatic rings. The molecule has 1 heterocycles. The maximum absolute atomic E-state index is 13.5. The van der Waals surface area contributed by atoms with Crippen LogP contribution in [-0.4, -0.2) is 18.9 Å². The zero-order valence-electron chi connectivity index (χ0n) is 16.6. The summed E-state index contributed by atoms with van der Waals surface area (Å²) in [5, 5.41) is 3.70. The van der Waals surface area contributed by atoms with Crippen molar-refractivity contribution in [1.82, 2.24) is 4.57 Å². The number of rotatable bonds is 6. The van der Waals surface area contributed by atoms with E-state index < -0.39 is 21.6 Å². The van der Waals surface area contributed by atoms with E-state index in [0.717, 1.165) is 0 Å². The molecule has 32 heavy (non-hydrogen) atoms. The van der Waals surface area contributed by atoms with Gasteiger partial charge >= 0.3 is 0 Å². The van der Waals surface area contributed by atoms with Crippen molar-refractivity contribution in [2.45, 2.75) is 17.2 Å². The number of halogens is 3. The number of anilines is 1. The van der Waals surface area contributed by atoms with Crippen molar-refractivity contribution < 1.29 is 17.6 Å².